The molecule has 0 atom stereocenters. The van der Waals surface area contributed by atoms with E-state index in [9.17, 15) is 4.79 Å². The fourth-order valence-corrected chi connectivity index (χ4v) is 2.28. The van der Waals surface area contributed by atoms with E-state index in [2.05, 4.69) is 58.9 Å². The van der Waals surface area contributed by atoms with Crippen molar-refractivity contribution in [2.24, 2.45) is 0 Å². The topological polar surface area (TPSA) is 17.1 Å². The second-order valence-electron chi connectivity index (χ2n) is 6.96. The number of hydrogen-bond acceptors (Lipinski definition) is 1. The molecule has 1 nitrogen and oxygen atoms in total. The molecule has 0 aliphatic rings. The van der Waals surface area contributed by atoms with Gasteiger partial charge in [0.05, 0.1) is 0 Å². The average molecular weight is 317 g/mol. The van der Waals surface area contributed by atoms with E-state index in [0.29, 0.717) is 6.42 Å². The molecule has 130 valence electrons. The lowest BCUT2D eigenvalue weighted by atomic mass is 10.0. The zero-order valence-electron chi connectivity index (χ0n) is 16.2. The first-order valence-corrected chi connectivity index (χ1v) is 8.91. The van der Waals surface area contributed by atoms with E-state index < -0.39 is 0 Å². The van der Waals surface area contributed by atoms with Gasteiger partial charge in [0.2, 0.25) is 0 Å². The quantitative estimate of drug-likeness (QED) is 0.371. The van der Waals surface area contributed by atoms with E-state index >= 15 is 0 Å². The summed E-state index contributed by atoms with van der Waals surface area (Å²) in [5.74, 6) is 0.271. The third-order valence-electron chi connectivity index (χ3n) is 3.88. The van der Waals surface area contributed by atoms with Crippen LogP contribution in [0, 0.1) is 0 Å². The van der Waals surface area contributed by atoms with Crippen molar-refractivity contribution in [2.45, 2.75) is 86.5 Å². The van der Waals surface area contributed by atoms with E-state index in [1.807, 2.05) is 0 Å². The molecule has 0 radical (unpaired) electrons. The first kappa shape index (κ1) is 21.6. The Hall–Kier alpha value is -1.37. The smallest absolute Gasteiger partial charge is 0.130 e. The zero-order valence-corrected chi connectivity index (χ0v) is 16.2. The van der Waals surface area contributed by atoms with Gasteiger partial charge in [0.15, 0.2) is 0 Å². The number of ketones is 1. The van der Waals surface area contributed by atoms with Gasteiger partial charge in [-0.1, -0.05) is 46.6 Å². The zero-order chi connectivity index (χ0) is 17.7. The molecule has 0 bridgehead atoms. The number of hydrogen-bond donors (Lipinski definition) is 0. The number of rotatable bonds is 11. The van der Waals surface area contributed by atoms with Crippen LogP contribution in [0.3, 0.4) is 0 Å². The monoisotopic (exact) mass is 316 g/mol. The van der Waals surface area contributed by atoms with Crippen molar-refractivity contribution in [3.8, 4) is 0 Å². The lowest BCUT2D eigenvalue weighted by Crippen LogP contribution is -1.87. The molecule has 23 heavy (non-hydrogen) atoms. The van der Waals surface area contributed by atoms with Crippen molar-refractivity contribution in [1.82, 2.24) is 0 Å². The van der Waals surface area contributed by atoms with Crippen LogP contribution in [-0.4, -0.2) is 5.78 Å². The molecule has 0 fully saturated rings. The Labute approximate surface area is 144 Å². The highest BCUT2D eigenvalue weighted by atomic mass is 16.1. The molecular formula is C22H36O. The van der Waals surface area contributed by atoms with Crippen LogP contribution >= 0.6 is 0 Å². The third-order valence-corrected chi connectivity index (χ3v) is 3.88. The summed E-state index contributed by atoms with van der Waals surface area (Å²) in [6.45, 7) is 12.6. The standard InChI is InChI=1S/C22H36O/c1-18(2)10-7-11-19(3)12-8-13-20(4)16-17-21(5)14-9-15-22(6)23/h10,12,14,16H,7-9,11,13,15,17H2,1-6H3/b19-12-,20-16-,21-14-. The minimum absolute atomic E-state index is 0.271. The van der Waals surface area contributed by atoms with Gasteiger partial charge < -0.3 is 4.79 Å². The molecule has 0 unspecified atom stereocenters. The molecule has 0 aliphatic heterocycles. The molecule has 0 saturated carbocycles. The van der Waals surface area contributed by atoms with E-state index in [-0.39, 0.29) is 5.78 Å². The van der Waals surface area contributed by atoms with Gasteiger partial charge in [-0.3, -0.25) is 0 Å². The Kier molecular flexibility index (Phi) is 12.3. The van der Waals surface area contributed by atoms with Gasteiger partial charge in [0, 0.05) is 6.42 Å². The molecule has 1 heteroatoms. The van der Waals surface area contributed by atoms with Crippen molar-refractivity contribution < 1.29 is 4.79 Å². The molecule has 0 aromatic carbocycles. The molecule has 0 rings (SSSR count). The van der Waals surface area contributed by atoms with E-state index in [1.165, 1.54) is 28.7 Å². The fraction of sp³-hybridized carbons (Fsp3) is 0.591. The largest absolute Gasteiger partial charge is 0.300 e. The molecule has 0 saturated heterocycles. The Bertz CT molecular complexity index is 468. The Balaban J connectivity index is 4.06. The van der Waals surface area contributed by atoms with E-state index in [0.717, 1.165) is 32.1 Å². The Morgan fingerprint density at radius 2 is 1.09 bits per heavy atom. The summed E-state index contributed by atoms with van der Waals surface area (Å²) in [6, 6.07) is 0. The first-order chi connectivity index (χ1) is 10.8. The van der Waals surface area contributed by atoms with Gasteiger partial charge >= 0.3 is 0 Å². The minimum Gasteiger partial charge on any atom is -0.300 e. The van der Waals surface area contributed by atoms with Crippen molar-refractivity contribution in [1.29, 1.82) is 0 Å². The van der Waals surface area contributed by atoms with Crippen molar-refractivity contribution >= 4 is 5.78 Å². The summed E-state index contributed by atoms with van der Waals surface area (Å²) in [7, 11) is 0. The second-order valence-corrected chi connectivity index (χ2v) is 6.96. The number of carbonyl (C=O) groups is 1. The normalized spacial score (nSPS) is 13.2. The van der Waals surface area contributed by atoms with Crippen LogP contribution in [-0.2, 0) is 4.79 Å². The molecule has 0 amide bonds. The predicted octanol–water partition coefficient (Wildman–Crippen LogP) is 7.11. The maximum atomic E-state index is 10.9. The molecular weight excluding hydrogens is 280 g/mol. The van der Waals surface area contributed by atoms with Gasteiger partial charge in [-0.05, 0) is 80.1 Å². The minimum atomic E-state index is 0.271. The van der Waals surface area contributed by atoms with Gasteiger partial charge in [-0.2, -0.15) is 0 Å². The molecule has 0 aliphatic carbocycles. The van der Waals surface area contributed by atoms with Crippen molar-refractivity contribution in [2.75, 3.05) is 0 Å². The summed E-state index contributed by atoms with van der Waals surface area (Å²) in [5.41, 5.74) is 5.72. The Morgan fingerprint density at radius 1 is 0.609 bits per heavy atom. The van der Waals surface area contributed by atoms with Crippen molar-refractivity contribution in [3.63, 3.8) is 0 Å². The summed E-state index contributed by atoms with van der Waals surface area (Å²) in [6.07, 6.45) is 16.4. The van der Waals surface area contributed by atoms with Gasteiger partial charge in [-0.25, -0.2) is 0 Å². The SMILES string of the molecule is CC(=O)CC/C=C(/C)C/C=C(/C)CC/C=C(/C)CCC=C(C)C. The summed E-state index contributed by atoms with van der Waals surface area (Å²) >= 11 is 0. The van der Waals surface area contributed by atoms with Gasteiger partial charge in [0.1, 0.15) is 5.78 Å². The molecule has 0 aromatic heterocycles. The highest BCUT2D eigenvalue weighted by Crippen LogP contribution is 2.13. The highest BCUT2D eigenvalue weighted by Gasteiger charge is 1.94. The fourth-order valence-electron chi connectivity index (χ4n) is 2.28. The Morgan fingerprint density at radius 3 is 1.65 bits per heavy atom. The average Bonchev–Trinajstić information content (AvgIpc) is 2.44. The van der Waals surface area contributed by atoms with Crippen molar-refractivity contribution in [3.05, 3.63) is 46.6 Å². The van der Waals surface area contributed by atoms with E-state index in [4.69, 9.17) is 0 Å². The first-order valence-electron chi connectivity index (χ1n) is 8.91. The summed E-state index contributed by atoms with van der Waals surface area (Å²) < 4.78 is 0. The summed E-state index contributed by atoms with van der Waals surface area (Å²) in [4.78, 5) is 10.9. The van der Waals surface area contributed by atoms with Crippen LogP contribution in [0.5, 0.6) is 0 Å². The van der Waals surface area contributed by atoms with Gasteiger partial charge in [-0.15, -0.1) is 0 Å². The lowest BCUT2D eigenvalue weighted by molar-refractivity contribution is -0.116. The third kappa shape index (κ3) is 15.3. The molecule has 0 spiro atoms. The number of allylic oxidation sites excluding steroid dienone is 8. The van der Waals surface area contributed by atoms with Crippen LogP contribution < -0.4 is 0 Å². The lowest BCUT2D eigenvalue weighted by Gasteiger charge is -2.02. The number of Topliss-reactive ketones (excluding diaryl/α,β-unsaturated/α-hetero) is 1. The maximum absolute atomic E-state index is 10.9. The molecule has 0 N–H and O–H groups in total. The van der Waals surface area contributed by atoms with Crippen LogP contribution in [0.4, 0.5) is 0 Å². The molecule has 0 aromatic rings. The van der Waals surface area contributed by atoms with Crippen LogP contribution in [0.25, 0.3) is 0 Å². The highest BCUT2D eigenvalue weighted by molar-refractivity contribution is 5.75. The second kappa shape index (κ2) is 13.1. The molecule has 0 heterocycles. The predicted molar refractivity (Wildman–Crippen MR) is 104 cm³/mol. The van der Waals surface area contributed by atoms with Crippen LogP contribution in [0.1, 0.15) is 86.5 Å². The van der Waals surface area contributed by atoms with Crippen LogP contribution in [0.2, 0.25) is 0 Å². The van der Waals surface area contributed by atoms with E-state index in [1.54, 1.807) is 6.92 Å². The van der Waals surface area contributed by atoms with Gasteiger partial charge in [0.25, 0.3) is 0 Å². The van der Waals surface area contributed by atoms with Crippen LogP contribution in [0.15, 0.2) is 46.6 Å². The summed E-state index contributed by atoms with van der Waals surface area (Å²) in [5, 5.41) is 0. The number of carbonyl (C=O) groups excluding carboxylic acids is 1. The maximum Gasteiger partial charge on any atom is 0.130 e.